The van der Waals surface area contributed by atoms with Gasteiger partial charge in [0, 0.05) is 39.9 Å². The molecule has 0 aliphatic rings. The van der Waals surface area contributed by atoms with E-state index in [4.69, 9.17) is 27.7 Å². The molecule has 0 unspecified atom stereocenters. The quantitative estimate of drug-likeness (QED) is 0.348. The normalized spacial score (nSPS) is 11.2. The number of carbonyl (C=O) groups excluding carboxylic acids is 1. The first-order valence-corrected chi connectivity index (χ1v) is 10.0. The first kappa shape index (κ1) is 19.4. The zero-order valence-corrected chi connectivity index (χ0v) is 17.4. The molecule has 9 heteroatoms. The molecule has 0 fully saturated rings. The Labute approximate surface area is 186 Å². The van der Waals surface area contributed by atoms with Crippen LogP contribution in [-0.4, -0.2) is 30.7 Å². The van der Waals surface area contributed by atoms with Gasteiger partial charge in [0.15, 0.2) is 0 Å². The third-order valence-electron chi connectivity index (χ3n) is 4.81. The molecule has 0 N–H and O–H groups in total. The van der Waals surface area contributed by atoms with E-state index in [1.165, 1.54) is 6.20 Å². The maximum atomic E-state index is 13.2. The van der Waals surface area contributed by atoms with Crippen molar-refractivity contribution in [1.29, 1.82) is 0 Å². The molecule has 5 aromatic rings. The van der Waals surface area contributed by atoms with E-state index in [0.29, 0.717) is 27.8 Å². The number of halogens is 2. The lowest BCUT2D eigenvalue weighted by molar-refractivity contribution is 0.0995. The van der Waals surface area contributed by atoms with Gasteiger partial charge in [-0.15, -0.1) is 5.10 Å². The number of hydrogen-bond donors (Lipinski definition) is 0. The number of benzene rings is 2. The van der Waals surface area contributed by atoms with Gasteiger partial charge in [0.2, 0.25) is 5.82 Å². The fourth-order valence-electron chi connectivity index (χ4n) is 3.35. The summed E-state index contributed by atoms with van der Waals surface area (Å²) in [6, 6.07) is 16.3. The van der Waals surface area contributed by atoms with Crippen LogP contribution in [0.25, 0.3) is 22.4 Å². The van der Waals surface area contributed by atoms with E-state index >= 15 is 0 Å². The highest BCUT2D eigenvalue weighted by atomic mass is 35.5. The molecule has 5 rings (SSSR count). The molecule has 152 valence electrons. The number of para-hydroxylation sites is 1. The van der Waals surface area contributed by atoms with Crippen LogP contribution in [0.2, 0.25) is 10.0 Å². The van der Waals surface area contributed by atoms with Gasteiger partial charge < -0.3 is 9.09 Å². The molecule has 0 saturated heterocycles. The SMILES string of the molecule is O=C(c1nc(-c2cccnn2)no1)c1cn(Cc2ccc(Cl)cc2Cl)c2ccccc12. The second-order valence-corrected chi connectivity index (χ2v) is 7.63. The minimum Gasteiger partial charge on any atom is -0.342 e. The van der Waals surface area contributed by atoms with E-state index in [1.54, 1.807) is 30.5 Å². The highest BCUT2D eigenvalue weighted by Gasteiger charge is 2.23. The maximum Gasteiger partial charge on any atom is 0.299 e. The molecular weight excluding hydrogens is 437 g/mol. The Balaban J connectivity index is 1.53. The molecule has 0 spiro atoms. The highest BCUT2D eigenvalue weighted by molar-refractivity contribution is 6.35. The van der Waals surface area contributed by atoms with Crippen molar-refractivity contribution < 1.29 is 9.32 Å². The van der Waals surface area contributed by atoms with Gasteiger partial charge in [-0.3, -0.25) is 4.79 Å². The predicted molar refractivity (Wildman–Crippen MR) is 116 cm³/mol. The zero-order valence-electron chi connectivity index (χ0n) is 15.9. The molecule has 3 heterocycles. The number of carbonyl (C=O) groups is 1. The number of nitrogens with zero attached hydrogens (tertiary/aromatic N) is 5. The van der Waals surface area contributed by atoms with E-state index < -0.39 is 0 Å². The summed E-state index contributed by atoms with van der Waals surface area (Å²) >= 11 is 12.4. The van der Waals surface area contributed by atoms with Crippen LogP contribution in [0.3, 0.4) is 0 Å². The standard InChI is InChI=1S/C22H13Cl2N5O2/c23-14-8-7-13(17(24)10-14)11-29-12-16(15-4-1-2-6-19(15)29)20(30)22-26-21(28-31-22)18-5-3-9-25-27-18/h1-10,12H,11H2. The largest absolute Gasteiger partial charge is 0.342 e. The number of rotatable bonds is 5. The maximum absolute atomic E-state index is 13.2. The van der Waals surface area contributed by atoms with Crippen LogP contribution in [-0.2, 0) is 6.54 Å². The number of ketones is 1. The Morgan fingerprint density at radius 2 is 1.94 bits per heavy atom. The Kier molecular flexibility index (Phi) is 4.97. The minimum absolute atomic E-state index is 0.118. The van der Waals surface area contributed by atoms with Gasteiger partial charge in [0.25, 0.3) is 11.7 Å². The highest BCUT2D eigenvalue weighted by Crippen LogP contribution is 2.27. The second-order valence-electron chi connectivity index (χ2n) is 6.78. The van der Waals surface area contributed by atoms with Crippen molar-refractivity contribution in [3.63, 3.8) is 0 Å². The first-order valence-electron chi connectivity index (χ1n) is 9.28. The summed E-state index contributed by atoms with van der Waals surface area (Å²) in [7, 11) is 0. The summed E-state index contributed by atoms with van der Waals surface area (Å²) in [4.78, 5) is 17.4. The molecule has 7 nitrogen and oxygen atoms in total. The van der Waals surface area contributed by atoms with Crippen LogP contribution in [0, 0.1) is 0 Å². The van der Waals surface area contributed by atoms with Crippen molar-refractivity contribution >= 4 is 39.9 Å². The van der Waals surface area contributed by atoms with Crippen LogP contribution in [0.4, 0.5) is 0 Å². The van der Waals surface area contributed by atoms with Crippen molar-refractivity contribution in [2.45, 2.75) is 6.54 Å². The van der Waals surface area contributed by atoms with Crippen LogP contribution in [0.15, 0.2) is 71.5 Å². The summed E-state index contributed by atoms with van der Waals surface area (Å²) in [6.07, 6.45) is 3.31. The lowest BCUT2D eigenvalue weighted by Gasteiger charge is -2.08. The van der Waals surface area contributed by atoms with Gasteiger partial charge in [-0.2, -0.15) is 10.1 Å². The fraction of sp³-hybridized carbons (Fsp3) is 0.0455. The van der Waals surface area contributed by atoms with E-state index in [2.05, 4.69) is 20.3 Å². The third kappa shape index (κ3) is 3.69. The predicted octanol–water partition coefficient (Wildman–Crippen LogP) is 5.07. The fourth-order valence-corrected chi connectivity index (χ4v) is 3.82. The number of hydrogen-bond acceptors (Lipinski definition) is 6. The first-order chi connectivity index (χ1) is 15.1. The van der Waals surface area contributed by atoms with Crippen molar-refractivity contribution in [1.82, 2.24) is 24.9 Å². The molecule has 2 aromatic carbocycles. The molecule has 0 atom stereocenters. The van der Waals surface area contributed by atoms with Crippen LogP contribution < -0.4 is 0 Å². The summed E-state index contributed by atoms with van der Waals surface area (Å²) in [5.74, 6) is -0.291. The van der Waals surface area contributed by atoms with Crippen LogP contribution >= 0.6 is 23.2 Å². The van der Waals surface area contributed by atoms with Crippen molar-refractivity contribution in [3.05, 3.63) is 94.1 Å². The third-order valence-corrected chi connectivity index (χ3v) is 5.40. The smallest absolute Gasteiger partial charge is 0.299 e. The molecule has 0 bridgehead atoms. The molecule has 0 amide bonds. The van der Waals surface area contributed by atoms with E-state index in [-0.39, 0.29) is 17.5 Å². The second kappa shape index (κ2) is 7.94. The Morgan fingerprint density at radius 3 is 2.74 bits per heavy atom. The Hall–Kier alpha value is -3.55. The summed E-state index contributed by atoms with van der Waals surface area (Å²) in [5, 5.41) is 13.5. The minimum atomic E-state index is -0.375. The van der Waals surface area contributed by atoms with Crippen LogP contribution in [0.5, 0.6) is 0 Å². The van der Waals surface area contributed by atoms with E-state index in [0.717, 1.165) is 16.5 Å². The average molecular weight is 450 g/mol. The van der Waals surface area contributed by atoms with Crippen molar-refractivity contribution in [3.8, 4) is 11.5 Å². The van der Waals surface area contributed by atoms with E-state index in [1.807, 2.05) is 34.9 Å². The summed E-state index contributed by atoms with van der Waals surface area (Å²) < 4.78 is 7.18. The molecule has 0 radical (unpaired) electrons. The van der Waals surface area contributed by atoms with Gasteiger partial charge in [0.05, 0.1) is 5.56 Å². The van der Waals surface area contributed by atoms with Crippen molar-refractivity contribution in [2.24, 2.45) is 0 Å². The molecular formula is C22H13Cl2N5O2. The monoisotopic (exact) mass is 449 g/mol. The number of fused-ring (bicyclic) bond motifs is 1. The zero-order chi connectivity index (χ0) is 21.4. The van der Waals surface area contributed by atoms with E-state index in [9.17, 15) is 4.79 Å². The summed E-state index contributed by atoms with van der Waals surface area (Å²) in [6.45, 7) is 0.471. The lowest BCUT2D eigenvalue weighted by Crippen LogP contribution is -2.02. The summed E-state index contributed by atoms with van der Waals surface area (Å²) in [5.41, 5.74) is 2.64. The number of aromatic nitrogens is 5. The molecule has 31 heavy (non-hydrogen) atoms. The molecule has 3 aromatic heterocycles. The average Bonchev–Trinajstić information content (AvgIpc) is 3.42. The lowest BCUT2D eigenvalue weighted by atomic mass is 10.1. The Bertz CT molecular complexity index is 1410. The van der Waals surface area contributed by atoms with Gasteiger partial charge in [-0.1, -0.05) is 52.6 Å². The molecule has 0 aliphatic heterocycles. The van der Waals surface area contributed by atoms with Crippen LogP contribution in [0.1, 0.15) is 21.8 Å². The van der Waals surface area contributed by atoms with Gasteiger partial charge in [0.1, 0.15) is 5.69 Å². The topological polar surface area (TPSA) is 86.7 Å². The van der Waals surface area contributed by atoms with Gasteiger partial charge >= 0.3 is 0 Å². The van der Waals surface area contributed by atoms with Gasteiger partial charge in [-0.25, -0.2) is 0 Å². The van der Waals surface area contributed by atoms with Crippen molar-refractivity contribution in [2.75, 3.05) is 0 Å². The molecule has 0 aliphatic carbocycles. The molecule has 0 saturated carbocycles. The van der Waals surface area contributed by atoms with Gasteiger partial charge in [-0.05, 0) is 35.9 Å². The Morgan fingerprint density at radius 1 is 1.06 bits per heavy atom.